The summed E-state index contributed by atoms with van der Waals surface area (Å²) in [5.41, 5.74) is 6.86. The first-order valence-electron chi connectivity index (χ1n) is 6.41. The summed E-state index contributed by atoms with van der Waals surface area (Å²) in [6.07, 6.45) is 0.470. The van der Waals surface area contributed by atoms with E-state index in [1.807, 2.05) is 27.7 Å². The predicted molar refractivity (Wildman–Crippen MR) is 73.2 cm³/mol. The van der Waals surface area contributed by atoms with Gasteiger partial charge in [0, 0.05) is 6.54 Å². The van der Waals surface area contributed by atoms with Gasteiger partial charge in [-0.3, -0.25) is 4.79 Å². The molecule has 1 rings (SSSR count). The van der Waals surface area contributed by atoms with E-state index in [9.17, 15) is 9.18 Å². The molecular weight excluding hydrogens is 245 g/mol. The summed E-state index contributed by atoms with van der Waals surface area (Å²) in [4.78, 5) is 12.0. The van der Waals surface area contributed by atoms with Gasteiger partial charge >= 0.3 is 5.97 Å². The van der Waals surface area contributed by atoms with Crippen LogP contribution >= 0.6 is 0 Å². The van der Waals surface area contributed by atoms with Crippen LogP contribution in [0.3, 0.4) is 0 Å². The number of aryl methyl sites for hydroxylation is 1. The predicted octanol–water partition coefficient (Wildman–Crippen LogP) is 2.59. The Morgan fingerprint density at radius 1 is 1.42 bits per heavy atom. The number of esters is 1. The molecule has 0 aromatic heterocycles. The van der Waals surface area contributed by atoms with E-state index >= 15 is 0 Å². The van der Waals surface area contributed by atoms with Crippen molar-refractivity contribution in [2.45, 2.75) is 39.7 Å². The molecule has 106 valence electrons. The highest BCUT2D eigenvalue weighted by atomic mass is 19.1. The molecule has 0 aliphatic heterocycles. The molecule has 1 atom stereocenters. The number of ether oxygens (including phenoxy) is 1. The smallest absolute Gasteiger partial charge is 0.311 e. The standard InChI is InChI=1S/C15H22FNO2/c1-10-7-13(16)6-5-11(10)8-12(9-17)14(18)19-15(2,3)4/h5-7,12H,8-9,17H2,1-4H3. The van der Waals surface area contributed by atoms with Crippen LogP contribution in [-0.4, -0.2) is 18.1 Å². The van der Waals surface area contributed by atoms with Gasteiger partial charge < -0.3 is 10.5 Å². The lowest BCUT2D eigenvalue weighted by Gasteiger charge is -2.23. The molecule has 2 N–H and O–H groups in total. The maximum atomic E-state index is 13.0. The first-order valence-corrected chi connectivity index (χ1v) is 6.41. The highest BCUT2D eigenvalue weighted by molar-refractivity contribution is 5.73. The minimum atomic E-state index is -0.525. The van der Waals surface area contributed by atoms with Crippen molar-refractivity contribution in [3.8, 4) is 0 Å². The van der Waals surface area contributed by atoms with E-state index in [0.717, 1.165) is 11.1 Å². The molecule has 19 heavy (non-hydrogen) atoms. The molecule has 0 bridgehead atoms. The molecule has 1 aromatic carbocycles. The highest BCUT2D eigenvalue weighted by Gasteiger charge is 2.24. The molecule has 0 radical (unpaired) electrons. The molecular formula is C15H22FNO2. The van der Waals surface area contributed by atoms with Gasteiger partial charge in [-0.05, 0) is 57.4 Å². The number of carbonyl (C=O) groups is 1. The zero-order valence-electron chi connectivity index (χ0n) is 12.0. The molecule has 1 unspecified atom stereocenters. The van der Waals surface area contributed by atoms with Crippen LogP contribution in [0.25, 0.3) is 0 Å². The van der Waals surface area contributed by atoms with Gasteiger partial charge in [0.05, 0.1) is 5.92 Å². The number of benzene rings is 1. The van der Waals surface area contributed by atoms with Crippen LogP contribution in [0.5, 0.6) is 0 Å². The number of hydrogen-bond donors (Lipinski definition) is 1. The van der Waals surface area contributed by atoms with E-state index in [2.05, 4.69) is 0 Å². The second kappa shape index (κ2) is 6.15. The van der Waals surface area contributed by atoms with E-state index in [1.54, 1.807) is 6.07 Å². The van der Waals surface area contributed by atoms with Crippen LogP contribution < -0.4 is 5.73 Å². The summed E-state index contributed by atoms with van der Waals surface area (Å²) in [7, 11) is 0. The maximum absolute atomic E-state index is 13.0. The minimum Gasteiger partial charge on any atom is -0.460 e. The van der Waals surface area contributed by atoms with Crippen LogP contribution in [0.15, 0.2) is 18.2 Å². The largest absolute Gasteiger partial charge is 0.460 e. The monoisotopic (exact) mass is 267 g/mol. The molecule has 0 aliphatic carbocycles. The fraction of sp³-hybridized carbons (Fsp3) is 0.533. The van der Waals surface area contributed by atoms with Crippen LogP contribution in [0.2, 0.25) is 0 Å². The van der Waals surface area contributed by atoms with Crippen molar-refractivity contribution in [1.29, 1.82) is 0 Å². The van der Waals surface area contributed by atoms with Gasteiger partial charge in [-0.25, -0.2) is 4.39 Å². The van der Waals surface area contributed by atoms with Gasteiger partial charge in [-0.1, -0.05) is 6.07 Å². The van der Waals surface area contributed by atoms with Crippen molar-refractivity contribution in [3.63, 3.8) is 0 Å². The average Bonchev–Trinajstić information content (AvgIpc) is 2.25. The molecule has 0 heterocycles. The van der Waals surface area contributed by atoms with Crippen LogP contribution in [0.1, 0.15) is 31.9 Å². The molecule has 0 saturated heterocycles. The first kappa shape index (κ1) is 15.6. The van der Waals surface area contributed by atoms with Gasteiger partial charge in [0.15, 0.2) is 0 Å². The molecule has 0 amide bonds. The third kappa shape index (κ3) is 4.99. The highest BCUT2D eigenvalue weighted by Crippen LogP contribution is 2.18. The lowest BCUT2D eigenvalue weighted by Crippen LogP contribution is -2.33. The van der Waals surface area contributed by atoms with Crippen LogP contribution in [0, 0.1) is 18.7 Å². The van der Waals surface area contributed by atoms with E-state index in [1.165, 1.54) is 12.1 Å². The Balaban J connectivity index is 2.79. The Hall–Kier alpha value is -1.42. The number of rotatable bonds is 4. The third-order valence-electron chi connectivity index (χ3n) is 2.80. The number of nitrogens with two attached hydrogens (primary N) is 1. The SMILES string of the molecule is Cc1cc(F)ccc1CC(CN)C(=O)OC(C)(C)C. The van der Waals surface area contributed by atoms with E-state index in [-0.39, 0.29) is 18.3 Å². The van der Waals surface area contributed by atoms with Gasteiger partial charge in [-0.2, -0.15) is 0 Å². The van der Waals surface area contributed by atoms with Gasteiger partial charge in [0.1, 0.15) is 11.4 Å². The van der Waals surface area contributed by atoms with Gasteiger partial charge in [-0.15, -0.1) is 0 Å². The average molecular weight is 267 g/mol. The van der Waals surface area contributed by atoms with Crippen molar-refractivity contribution in [2.75, 3.05) is 6.54 Å². The molecule has 0 fully saturated rings. The van der Waals surface area contributed by atoms with Crippen LogP contribution in [0.4, 0.5) is 4.39 Å². The fourth-order valence-corrected chi connectivity index (χ4v) is 1.80. The Morgan fingerprint density at radius 2 is 2.05 bits per heavy atom. The van der Waals surface area contributed by atoms with E-state index < -0.39 is 11.5 Å². The van der Waals surface area contributed by atoms with Crippen molar-refractivity contribution < 1.29 is 13.9 Å². The lowest BCUT2D eigenvalue weighted by atomic mass is 9.96. The third-order valence-corrected chi connectivity index (χ3v) is 2.80. The minimum absolute atomic E-state index is 0.214. The Morgan fingerprint density at radius 3 is 2.53 bits per heavy atom. The van der Waals surface area contributed by atoms with Crippen molar-refractivity contribution >= 4 is 5.97 Å². The van der Waals surface area contributed by atoms with Crippen LogP contribution in [-0.2, 0) is 16.0 Å². The summed E-state index contributed by atoms with van der Waals surface area (Å²) in [6, 6.07) is 4.54. The zero-order chi connectivity index (χ0) is 14.6. The molecule has 0 aliphatic rings. The van der Waals surface area contributed by atoms with Gasteiger partial charge in [0.2, 0.25) is 0 Å². The molecule has 4 heteroatoms. The van der Waals surface area contributed by atoms with Crippen molar-refractivity contribution in [3.05, 3.63) is 35.1 Å². The van der Waals surface area contributed by atoms with Gasteiger partial charge in [0.25, 0.3) is 0 Å². The lowest BCUT2D eigenvalue weighted by molar-refractivity contribution is -0.159. The van der Waals surface area contributed by atoms with Crippen molar-refractivity contribution in [1.82, 2.24) is 0 Å². The summed E-state index contributed by atoms with van der Waals surface area (Å²) >= 11 is 0. The fourth-order valence-electron chi connectivity index (χ4n) is 1.80. The molecule has 0 spiro atoms. The van der Waals surface area contributed by atoms with E-state index in [0.29, 0.717) is 6.42 Å². The van der Waals surface area contributed by atoms with Crippen molar-refractivity contribution in [2.24, 2.45) is 11.7 Å². The second-order valence-electron chi connectivity index (χ2n) is 5.74. The Labute approximate surface area is 113 Å². The number of hydrogen-bond acceptors (Lipinski definition) is 3. The number of halogens is 1. The number of carbonyl (C=O) groups excluding carboxylic acids is 1. The summed E-state index contributed by atoms with van der Waals surface area (Å²) < 4.78 is 18.4. The molecule has 1 aromatic rings. The Bertz CT molecular complexity index is 452. The summed E-state index contributed by atoms with van der Waals surface area (Å²) in [5, 5.41) is 0. The second-order valence-corrected chi connectivity index (χ2v) is 5.74. The normalized spacial score (nSPS) is 13.2. The van der Waals surface area contributed by atoms with E-state index in [4.69, 9.17) is 10.5 Å². The quantitative estimate of drug-likeness (QED) is 0.853. The maximum Gasteiger partial charge on any atom is 0.311 e. The zero-order valence-corrected chi connectivity index (χ0v) is 12.0. The first-order chi connectivity index (χ1) is 8.73. The Kier molecular flexibility index (Phi) is 5.06. The summed E-state index contributed by atoms with van der Waals surface area (Å²) in [6.45, 7) is 7.50. The summed E-state index contributed by atoms with van der Waals surface area (Å²) in [5.74, 6) is -0.982. The molecule has 3 nitrogen and oxygen atoms in total. The molecule has 0 saturated carbocycles. The topological polar surface area (TPSA) is 52.3 Å².